The lowest BCUT2D eigenvalue weighted by molar-refractivity contribution is -0.384. The quantitative estimate of drug-likeness (QED) is 0.334. The van der Waals surface area contributed by atoms with E-state index in [1.54, 1.807) is 25.5 Å². The number of hydrogen-bond acceptors (Lipinski definition) is 6. The molecule has 0 saturated heterocycles. The van der Waals surface area contributed by atoms with E-state index in [1.165, 1.54) is 17.7 Å². The van der Waals surface area contributed by atoms with Crippen LogP contribution in [0.25, 0.3) is 0 Å². The maximum absolute atomic E-state index is 10.7. The molecule has 0 bridgehead atoms. The molecule has 0 aliphatic rings. The molecule has 0 aliphatic carbocycles. The average Bonchev–Trinajstić information content (AvgIpc) is 2.73. The summed E-state index contributed by atoms with van der Waals surface area (Å²) in [5.74, 6) is 1.20. The van der Waals surface area contributed by atoms with Crippen LogP contribution in [0.1, 0.15) is 16.7 Å². The van der Waals surface area contributed by atoms with Gasteiger partial charge in [-0.3, -0.25) is 15.5 Å². The Bertz CT molecular complexity index is 1020. The fourth-order valence-corrected chi connectivity index (χ4v) is 2.74. The fraction of sp³-hybridized carbons (Fsp3) is 0.136. The standard InChI is InChI=1S/C22H21N3O4/c1-16-5-3-6-17(13-16)15-29-22-18(7-4-8-21(22)28-2)14-23-24-19-9-11-20(12-10-19)25(26)27/h3-14,24H,15H2,1-2H3/b23-14+. The summed E-state index contributed by atoms with van der Waals surface area (Å²) in [6, 6.07) is 19.7. The monoisotopic (exact) mass is 391 g/mol. The van der Waals surface area contributed by atoms with Crippen molar-refractivity contribution >= 4 is 17.6 Å². The molecule has 7 nitrogen and oxygen atoms in total. The van der Waals surface area contributed by atoms with E-state index in [0.29, 0.717) is 23.8 Å². The van der Waals surface area contributed by atoms with Crippen LogP contribution in [0, 0.1) is 17.0 Å². The second-order valence-corrected chi connectivity index (χ2v) is 6.33. The van der Waals surface area contributed by atoms with Crippen molar-refractivity contribution < 1.29 is 14.4 Å². The van der Waals surface area contributed by atoms with Gasteiger partial charge in [0.25, 0.3) is 5.69 Å². The number of rotatable bonds is 8. The first-order valence-corrected chi connectivity index (χ1v) is 8.95. The van der Waals surface area contributed by atoms with Crippen molar-refractivity contribution in [1.82, 2.24) is 0 Å². The number of nitro groups is 1. The Morgan fingerprint density at radius 3 is 2.55 bits per heavy atom. The first-order valence-electron chi connectivity index (χ1n) is 8.95. The van der Waals surface area contributed by atoms with Crippen LogP contribution >= 0.6 is 0 Å². The van der Waals surface area contributed by atoms with Gasteiger partial charge in [0.1, 0.15) is 6.61 Å². The Kier molecular flexibility index (Phi) is 6.42. The SMILES string of the molecule is COc1cccc(/C=N/Nc2ccc([N+](=O)[O-])cc2)c1OCc1cccc(C)c1. The van der Waals surface area contributed by atoms with Crippen LogP contribution in [0.3, 0.4) is 0 Å². The smallest absolute Gasteiger partial charge is 0.269 e. The maximum atomic E-state index is 10.7. The number of para-hydroxylation sites is 1. The maximum Gasteiger partial charge on any atom is 0.269 e. The zero-order chi connectivity index (χ0) is 20.6. The van der Waals surface area contributed by atoms with Crippen LogP contribution in [-0.4, -0.2) is 18.2 Å². The van der Waals surface area contributed by atoms with Crippen LogP contribution < -0.4 is 14.9 Å². The van der Waals surface area contributed by atoms with Crippen molar-refractivity contribution in [2.24, 2.45) is 5.10 Å². The second kappa shape index (κ2) is 9.36. The van der Waals surface area contributed by atoms with Gasteiger partial charge in [-0.15, -0.1) is 0 Å². The summed E-state index contributed by atoms with van der Waals surface area (Å²) in [6.45, 7) is 2.44. The van der Waals surface area contributed by atoms with E-state index in [1.807, 2.05) is 43.3 Å². The summed E-state index contributed by atoms with van der Waals surface area (Å²) in [5, 5.41) is 14.9. The number of aryl methyl sites for hydroxylation is 1. The van der Waals surface area contributed by atoms with Gasteiger partial charge in [-0.2, -0.15) is 5.10 Å². The lowest BCUT2D eigenvalue weighted by Crippen LogP contribution is -2.01. The molecule has 0 amide bonds. The predicted molar refractivity (Wildman–Crippen MR) is 113 cm³/mol. The topological polar surface area (TPSA) is 86.0 Å². The number of nitro benzene ring substituents is 1. The molecule has 148 valence electrons. The Balaban J connectivity index is 1.74. The molecule has 0 heterocycles. The summed E-state index contributed by atoms with van der Waals surface area (Å²) in [7, 11) is 1.59. The summed E-state index contributed by atoms with van der Waals surface area (Å²) >= 11 is 0. The second-order valence-electron chi connectivity index (χ2n) is 6.33. The molecular formula is C22H21N3O4. The number of ether oxygens (including phenoxy) is 2. The fourth-order valence-electron chi connectivity index (χ4n) is 2.74. The van der Waals surface area contributed by atoms with Crippen molar-refractivity contribution in [3.05, 3.63) is 93.5 Å². The Morgan fingerprint density at radius 1 is 1.10 bits per heavy atom. The van der Waals surface area contributed by atoms with E-state index in [9.17, 15) is 10.1 Å². The van der Waals surface area contributed by atoms with Crippen molar-refractivity contribution in [3.63, 3.8) is 0 Å². The molecule has 0 radical (unpaired) electrons. The van der Waals surface area contributed by atoms with Gasteiger partial charge in [0, 0.05) is 17.7 Å². The van der Waals surface area contributed by atoms with Gasteiger partial charge in [-0.1, -0.05) is 35.9 Å². The minimum atomic E-state index is -0.443. The number of hydrazone groups is 1. The number of anilines is 1. The third-order valence-corrected chi connectivity index (χ3v) is 4.17. The van der Waals surface area contributed by atoms with Crippen molar-refractivity contribution in [1.29, 1.82) is 0 Å². The molecule has 3 rings (SSSR count). The van der Waals surface area contributed by atoms with Crippen molar-refractivity contribution in [3.8, 4) is 11.5 Å². The van der Waals surface area contributed by atoms with E-state index < -0.39 is 4.92 Å². The highest BCUT2D eigenvalue weighted by molar-refractivity contribution is 5.85. The predicted octanol–water partition coefficient (Wildman–Crippen LogP) is 4.94. The lowest BCUT2D eigenvalue weighted by atomic mass is 10.1. The molecular weight excluding hydrogens is 370 g/mol. The summed E-state index contributed by atoms with van der Waals surface area (Å²) in [4.78, 5) is 10.3. The van der Waals surface area contributed by atoms with Gasteiger partial charge in [-0.05, 0) is 36.8 Å². The van der Waals surface area contributed by atoms with Gasteiger partial charge in [0.2, 0.25) is 0 Å². The van der Waals surface area contributed by atoms with Crippen LogP contribution in [0.15, 0.2) is 71.8 Å². The zero-order valence-electron chi connectivity index (χ0n) is 16.2. The highest BCUT2D eigenvalue weighted by Crippen LogP contribution is 2.31. The summed E-state index contributed by atoms with van der Waals surface area (Å²) in [6.07, 6.45) is 1.62. The minimum absolute atomic E-state index is 0.0270. The van der Waals surface area contributed by atoms with Crippen LogP contribution in [0.5, 0.6) is 11.5 Å². The molecule has 0 aromatic heterocycles. The van der Waals surface area contributed by atoms with E-state index >= 15 is 0 Å². The Hall–Kier alpha value is -3.87. The first kappa shape index (κ1) is 19.9. The van der Waals surface area contributed by atoms with Crippen LogP contribution in [0.4, 0.5) is 11.4 Å². The molecule has 0 unspecified atom stereocenters. The Labute approximate surface area is 168 Å². The molecule has 0 aliphatic heterocycles. The van der Waals surface area contributed by atoms with Gasteiger partial charge in [0.05, 0.1) is 23.9 Å². The molecule has 0 spiro atoms. The molecule has 1 N–H and O–H groups in total. The van der Waals surface area contributed by atoms with Gasteiger partial charge in [0.15, 0.2) is 11.5 Å². The lowest BCUT2D eigenvalue weighted by Gasteiger charge is -2.13. The van der Waals surface area contributed by atoms with Crippen molar-refractivity contribution in [2.45, 2.75) is 13.5 Å². The largest absolute Gasteiger partial charge is 0.493 e. The molecule has 0 saturated carbocycles. The van der Waals surface area contributed by atoms with Crippen LogP contribution in [-0.2, 0) is 6.61 Å². The van der Waals surface area contributed by atoms with Crippen LogP contribution in [0.2, 0.25) is 0 Å². The summed E-state index contributed by atoms with van der Waals surface area (Å²) < 4.78 is 11.5. The number of methoxy groups -OCH3 is 1. The van der Waals surface area contributed by atoms with E-state index in [0.717, 1.165) is 11.1 Å². The number of benzene rings is 3. The first-order chi connectivity index (χ1) is 14.1. The molecule has 29 heavy (non-hydrogen) atoms. The van der Waals surface area contributed by atoms with E-state index in [2.05, 4.69) is 16.6 Å². The molecule has 0 atom stereocenters. The number of nitrogens with zero attached hydrogens (tertiary/aromatic N) is 2. The van der Waals surface area contributed by atoms with Gasteiger partial charge < -0.3 is 9.47 Å². The molecule has 3 aromatic carbocycles. The summed E-state index contributed by atoms with van der Waals surface area (Å²) in [5.41, 5.74) is 6.49. The van der Waals surface area contributed by atoms with E-state index in [4.69, 9.17) is 9.47 Å². The number of non-ortho nitro benzene ring substituents is 1. The van der Waals surface area contributed by atoms with Gasteiger partial charge >= 0.3 is 0 Å². The highest BCUT2D eigenvalue weighted by Gasteiger charge is 2.10. The third kappa shape index (κ3) is 5.32. The molecule has 7 heteroatoms. The number of hydrogen-bond donors (Lipinski definition) is 1. The van der Waals surface area contributed by atoms with E-state index in [-0.39, 0.29) is 5.69 Å². The molecule has 0 fully saturated rings. The zero-order valence-corrected chi connectivity index (χ0v) is 16.2. The van der Waals surface area contributed by atoms with Crippen molar-refractivity contribution in [2.75, 3.05) is 12.5 Å². The number of nitrogens with one attached hydrogen (secondary N) is 1. The minimum Gasteiger partial charge on any atom is -0.493 e. The highest BCUT2D eigenvalue weighted by atomic mass is 16.6. The van der Waals surface area contributed by atoms with Gasteiger partial charge in [-0.25, -0.2) is 0 Å². The molecule has 3 aromatic rings. The Morgan fingerprint density at radius 2 is 1.86 bits per heavy atom. The third-order valence-electron chi connectivity index (χ3n) is 4.17. The average molecular weight is 391 g/mol. The normalized spacial score (nSPS) is 10.7.